The fraction of sp³-hybridized carbons (Fsp3) is 0.966. The Morgan fingerprint density at radius 2 is 0.949 bits per heavy atom. The van der Waals surface area contributed by atoms with Crippen LogP contribution in [0.5, 0.6) is 0 Å². The van der Waals surface area contributed by atoms with E-state index in [-0.39, 0.29) is 6.10 Å². The Hall–Kier alpha value is 0.338. The number of aldehydes is 1. The molecule has 1 aliphatic heterocycles. The van der Waals surface area contributed by atoms with Crippen LogP contribution in [0.1, 0.15) is 62.3 Å². The van der Waals surface area contributed by atoms with E-state index in [2.05, 4.69) is 82.0 Å². The van der Waals surface area contributed by atoms with Crippen molar-refractivity contribution in [2.75, 3.05) is 6.61 Å². The third-order valence-electron chi connectivity index (χ3n) is 9.76. The average Bonchev–Trinajstić information content (AvgIpc) is 2.94. The lowest BCUT2D eigenvalue weighted by molar-refractivity contribution is -0.277. The molecule has 0 aromatic carbocycles. The molecule has 1 fully saturated rings. The summed E-state index contributed by atoms with van der Waals surface area (Å²) in [5.74, 6) is 0. The number of carbonyl (C=O) groups excluding carboxylic acids is 1. The molecule has 0 radical (unpaired) electrons. The Morgan fingerprint density at radius 1 is 0.590 bits per heavy atom. The van der Waals surface area contributed by atoms with Gasteiger partial charge in [0.05, 0.1) is 0 Å². The van der Waals surface area contributed by atoms with Gasteiger partial charge in [0.1, 0.15) is 24.4 Å². The molecule has 5 atom stereocenters. The molecule has 6 nitrogen and oxygen atoms in total. The van der Waals surface area contributed by atoms with Crippen LogP contribution in [0.3, 0.4) is 0 Å². The smallest absolute Gasteiger partial charge is 0.192 e. The van der Waals surface area contributed by atoms with E-state index in [1.54, 1.807) is 0 Å². The molecule has 0 amide bonds. The number of hydrogen-bond donors (Lipinski definition) is 0. The maximum atomic E-state index is 12.7. The fourth-order valence-corrected chi connectivity index (χ4v) is 15.1. The van der Waals surface area contributed by atoms with E-state index >= 15 is 0 Å². The second-order valence-electron chi connectivity index (χ2n) is 12.8. The maximum Gasteiger partial charge on any atom is 0.192 e. The molecule has 39 heavy (non-hydrogen) atoms. The van der Waals surface area contributed by atoms with Crippen molar-refractivity contribution in [3.05, 3.63) is 0 Å². The summed E-state index contributed by atoms with van der Waals surface area (Å²) >= 11 is 0. The molecule has 0 spiro atoms. The fourth-order valence-electron chi connectivity index (χ4n) is 5.82. The summed E-state index contributed by atoms with van der Waals surface area (Å²) in [6, 6.07) is 10.2. The van der Waals surface area contributed by atoms with Crippen molar-refractivity contribution in [1.82, 2.24) is 0 Å². The SMILES string of the molecule is CC[Si](CC)(CC)O[C@@H]1[C@H](O[Si](CC)(CC)CC)[C@H](OCC[Si](C)(C)C)O[C@H](C=O)[C@H]1O[Si](CC)(CC)CC. The first-order valence-electron chi connectivity index (χ1n) is 16.1. The predicted octanol–water partition coefficient (Wildman–Crippen LogP) is 8.44. The van der Waals surface area contributed by atoms with Crippen LogP contribution < -0.4 is 0 Å². The molecule has 232 valence electrons. The minimum Gasteiger partial charge on any atom is -0.408 e. The molecule has 1 rings (SSSR count). The van der Waals surface area contributed by atoms with Gasteiger partial charge < -0.3 is 27.5 Å². The quantitative estimate of drug-likeness (QED) is 0.101. The number of rotatable bonds is 20. The molecule has 0 aliphatic carbocycles. The summed E-state index contributed by atoms with van der Waals surface area (Å²) in [5.41, 5.74) is 0. The summed E-state index contributed by atoms with van der Waals surface area (Å²) in [6.45, 7) is 27.9. The summed E-state index contributed by atoms with van der Waals surface area (Å²) in [5, 5.41) is 0. The van der Waals surface area contributed by atoms with E-state index in [0.717, 1.165) is 66.7 Å². The van der Waals surface area contributed by atoms with Gasteiger partial charge in [-0.2, -0.15) is 0 Å². The van der Waals surface area contributed by atoms with Crippen LogP contribution in [-0.2, 0) is 27.5 Å². The van der Waals surface area contributed by atoms with Gasteiger partial charge in [0, 0.05) is 14.7 Å². The number of ether oxygens (including phenoxy) is 2. The Kier molecular flexibility index (Phi) is 16.1. The van der Waals surface area contributed by atoms with Gasteiger partial charge in [-0.05, 0) is 60.4 Å². The van der Waals surface area contributed by atoms with Crippen molar-refractivity contribution in [3.8, 4) is 0 Å². The molecule has 0 N–H and O–H groups in total. The summed E-state index contributed by atoms with van der Waals surface area (Å²) in [6.07, 6.45) is -1.65. The molecule has 0 bridgehead atoms. The van der Waals surface area contributed by atoms with Gasteiger partial charge in [-0.25, -0.2) is 0 Å². The highest BCUT2D eigenvalue weighted by Gasteiger charge is 2.54. The van der Waals surface area contributed by atoms with Crippen LogP contribution in [0.25, 0.3) is 0 Å². The lowest BCUT2D eigenvalue weighted by atomic mass is 10.00. The van der Waals surface area contributed by atoms with E-state index in [1.807, 2.05) is 0 Å². The summed E-state index contributed by atoms with van der Waals surface area (Å²) in [7, 11) is -7.54. The molecule has 1 aliphatic rings. The third-order valence-corrected chi connectivity index (χ3v) is 25.4. The van der Waals surface area contributed by atoms with E-state index < -0.39 is 57.6 Å². The summed E-state index contributed by atoms with van der Waals surface area (Å²) in [4.78, 5) is 12.7. The molecule has 0 unspecified atom stereocenters. The number of hydrogen-bond acceptors (Lipinski definition) is 6. The number of carbonyl (C=O) groups is 1. The molecule has 0 aromatic heterocycles. The molecule has 0 saturated carbocycles. The van der Waals surface area contributed by atoms with Gasteiger partial charge in [0.25, 0.3) is 0 Å². The first kappa shape index (κ1) is 37.4. The lowest BCUT2D eigenvalue weighted by Crippen LogP contribution is -2.67. The van der Waals surface area contributed by atoms with Crippen molar-refractivity contribution in [2.24, 2.45) is 0 Å². The Balaban J connectivity index is 3.73. The van der Waals surface area contributed by atoms with Crippen LogP contribution in [0, 0.1) is 0 Å². The lowest BCUT2D eigenvalue weighted by Gasteiger charge is -2.52. The van der Waals surface area contributed by atoms with E-state index in [1.165, 1.54) is 0 Å². The second-order valence-corrected chi connectivity index (χ2v) is 32.6. The second kappa shape index (κ2) is 16.8. The predicted molar refractivity (Wildman–Crippen MR) is 175 cm³/mol. The van der Waals surface area contributed by atoms with Gasteiger partial charge in [-0.15, -0.1) is 0 Å². The molecule has 1 saturated heterocycles. The standard InChI is InChI=1S/C29H64O6Si4/c1-13-37(14-2,15-3)33-26-25(24-30)32-29(31-22-23-36(10,11)12)28(35-39(19-7,20-8)21-9)27(26)34-38(16-4,17-5)18-6/h24-29H,13-23H2,1-12H3/t25-,26-,27+,28+,29-/m1/s1. The first-order chi connectivity index (χ1) is 18.4. The molecule has 10 heteroatoms. The van der Waals surface area contributed by atoms with Gasteiger partial charge >= 0.3 is 0 Å². The highest BCUT2D eigenvalue weighted by Crippen LogP contribution is 2.39. The summed E-state index contributed by atoms with van der Waals surface area (Å²) < 4.78 is 34.8. The first-order valence-corrected chi connectivity index (χ1v) is 27.4. The van der Waals surface area contributed by atoms with Crippen LogP contribution in [0.4, 0.5) is 0 Å². The van der Waals surface area contributed by atoms with Crippen molar-refractivity contribution in [2.45, 2.75) is 173 Å². The van der Waals surface area contributed by atoms with Gasteiger partial charge in [-0.3, -0.25) is 0 Å². The van der Waals surface area contributed by atoms with Gasteiger partial charge in [0.2, 0.25) is 0 Å². The normalized spacial score (nSPS) is 25.2. The topological polar surface area (TPSA) is 63.2 Å². The Bertz CT molecular complexity index is 667. The van der Waals surface area contributed by atoms with Crippen molar-refractivity contribution >= 4 is 39.3 Å². The molecule has 0 aromatic rings. The van der Waals surface area contributed by atoms with Crippen LogP contribution in [0.2, 0.25) is 80.1 Å². The Morgan fingerprint density at radius 3 is 1.28 bits per heavy atom. The Labute approximate surface area is 246 Å². The van der Waals surface area contributed by atoms with E-state index in [9.17, 15) is 4.79 Å². The zero-order chi connectivity index (χ0) is 29.9. The van der Waals surface area contributed by atoms with E-state index in [0.29, 0.717) is 6.61 Å². The molecule has 1 heterocycles. The minimum atomic E-state index is -2.08. The highest BCUT2D eigenvalue weighted by molar-refractivity contribution is 6.76. The van der Waals surface area contributed by atoms with Gasteiger partial charge in [-0.1, -0.05) is 82.0 Å². The molecular formula is C29H64O6Si4. The van der Waals surface area contributed by atoms with Crippen LogP contribution >= 0.6 is 0 Å². The van der Waals surface area contributed by atoms with Gasteiger partial charge in [0.15, 0.2) is 37.5 Å². The largest absolute Gasteiger partial charge is 0.408 e. The van der Waals surface area contributed by atoms with Crippen LogP contribution in [0.15, 0.2) is 0 Å². The van der Waals surface area contributed by atoms with Crippen LogP contribution in [-0.4, -0.2) is 76.6 Å². The maximum absolute atomic E-state index is 12.7. The molecular weight excluding hydrogens is 557 g/mol. The highest BCUT2D eigenvalue weighted by atomic mass is 28.4. The zero-order valence-electron chi connectivity index (χ0n) is 27.7. The zero-order valence-corrected chi connectivity index (χ0v) is 31.7. The average molecular weight is 621 g/mol. The van der Waals surface area contributed by atoms with E-state index in [4.69, 9.17) is 22.8 Å². The third kappa shape index (κ3) is 9.95. The van der Waals surface area contributed by atoms with Crippen molar-refractivity contribution in [3.63, 3.8) is 0 Å². The van der Waals surface area contributed by atoms with Crippen molar-refractivity contribution < 1.29 is 27.5 Å². The van der Waals surface area contributed by atoms with Crippen molar-refractivity contribution in [1.29, 1.82) is 0 Å². The minimum absolute atomic E-state index is 0.370. The monoisotopic (exact) mass is 620 g/mol.